The van der Waals surface area contributed by atoms with Crippen molar-refractivity contribution >= 4 is 31.1 Å². The summed E-state index contributed by atoms with van der Waals surface area (Å²) >= 11 is 0.646. The smallest absolute Gasteiger partial charge is 0.387 e. The van der Waals surface area contributed by atoms with Gasteiger partial charge in [-0.05, 0) is 0 Å². The van der Waals surface area contributed by atoms with Crippen molar-refractivity contribution in [2.75, 3.05) is 0 Å². The van der Waals surface area contributed by atoms with Crippen LogP contribution in [0.25, 0.3) is 0 Å². The van der Waals surface area contributed by atoms with Crippen LogP contribution in [0.4, 0.5) is 0 Å². The van der Waals surface area contributed by atoms with E-state index in [4.69, 9.17) is 2.84 Å². The number of hydrogen-bond donors (Lipinski definition) is 0. The van der Waals surface area contributed by atoms with Crippen molar-refractivity contribution < 1.29 is 2.84 Å². The molecule has 0 saturated carbocycles. The predicted molar refractivity (Wildman–Crippen MR) is 24.3 cm³/mol. The molecule has 1 nitrogen and oxygen atoms in total. The first-order valence-electron chi connectivity index (χ1n) is 1.63. The minimum absolute atomic E-state index is 0.323. The highest BCUT2D eigenvalue weighted by molar-refractivity contribution is 6.40. The van der Waals surface area contributed by atoms with Crippen molar-refractivity contribution in [3.05, 3.63) is 0 Å². The van der Waals surface area contributed by atoms with E-state index in [9.17, 15) is 0 Å². The van der Waals surface area contributed by atoms with Crippen LogP contribution in [0.1, 0.15) is 0 Å². The molecule has 0 N–H and O–H groups in total. The Balaban J connectivity index is 2.19. The van der Waals surface area contributed by atoms with Crippen LogP contribution in [-0.2, 0) is 2.84 Å². The van der Waals surface area contributed by atoms with E-state index < -0.39 is 0 Å². The molecule has 0 aromatic carbocycles. The minimum Gasteiger partial charge on any atom is -0.649 e. The summed E-state index contributed by atoms with van der Waals surface area (Å²) in [5.41, 5.74) is 0. The topological polar surface area (TPSA) is 9.23 Å². The van der Waals surface area contributed by atoms with Crippen molar-refractivity contribution in [3.8, 4) is 0 Å². The van der Waals surface area contributed by atoms with Crippen LogP contribution in [0.15, 0.2) is 0 Å². The second kappa shape index (κ2) is 5.02. The molecule has 0 aromatic rings. The van der Waals surface area contributed by atoms with E-state index in [1.54, 1.807) is 0 Å². The second-order valence-electron chi connectivity index (χ2n) is 0.607. The average Bonchev–Trinajstić information content (AvgIpc) is 1.41. The maximum Gasteiger partial charge on any atom is 0.387 e. The lowest BCUT2D eigenvalue weighted by molar-refractivity contribution is 0.652. The van der Waals surface area contributed by atoms with Crippen molar-refractivity contribution in [1.29, 1.82) is 0 Å². The standard InChI is InChI=1S/2CH3.2Al.O/h2*1H3;;;. The summed E-state index contributed by atoms with van der Waals surface area (Å²) in [5.74, 6) is 4.19. The van der Waals surface area contributed by atoms with Gasteiger partial charge < -0.3 is 2.84 Å². The summed E-state index contributed by atoms with van der Waals surface area (Å²) in [6, 6.07) is 0. The summed E-state index contributed by atoms with van der Waals surface area (Å²) in [6.07, 6.45) is 0. The summed E-state index contributed by atoms with van der Waals surface area (Å²) in [7, 11) is 0. The fraction of sp³-hybridized carbons (Fsp3) is 1.00. The fourth-order valence-electron chi connectivity index (χ4n) is 0.136. The van der Waals surface area contributed by atoms with Gasteiger partial charge in [-0.2, -0.15) is 0 Å². The average molecular weight is 100 g/mol. The Labute approximate surface area is 45.8 Å². The molecule has 0 rings (SSSR count). The minimum atomic E-state index is 0.323. The summed E-state index contributed by atoms with van der Waals surface area (Å²) in [6.45, 7) is 0. The van der Waals surface area contributed by atoms with E-state index in [1.807, 2.05) is 0 Å². The Bertz CT molecular complexity index is 15.1. The third-order valence-electron chi connectivity index (χ3n) is 0.272. The summed E-state index contributed by atoms with van der Waals surface area (Å²) in [4.78, 5) is 0. The third kappa shape index (κ3) is 5.02. The van der Waals surface area contributed by atoms with Gasteiger partial charge >= 0.3 is 31.1 Å². The Morgan fingerprint density at radius 2 is 1.60 bits per heavy atom. The number of hydrogen-bond acceptors (Lipinski definition) is 1. The Hall–Kier alpha value is 1.02. The van der Waals surface area contributed by atoms with Gasteiger partial charge in [-0.15, -0.1) is 0 Å². The molecule has 0 saturated heterocycles. The zero-order valence-electron chi connectivity index (χ0n) is 3.56. The van der Waals surface area contributed by atoms with Gasteiger partial charge in [-0.25, -0.2) is 0 Å². The highest BCUT2D eigenvalue weighted by Crippen LogP contribution is 1.58. The maximum atomic E-state index is 5.00. The van der Waals surface area contributed by atoms with E-state index >= 15 is 0 Å². The SMILES string of the molecule is [CH3][Al][O][Al][CH3]. The van der Waals surface area contributed by atoms with Gasteiger partial charge in [0.15, 0.2) is 0 Å². The zero-order chi connectivity index (χ0) is 4.12. The van der Waals surface area contributed by atoms with E-state index in [2.05, 4.69) is 11.6 Å². The van der Waals surface area contributed by atoms with Gasteiger partial charge in [0, 0.05) is 0 Å². The molecule has 0 heterocycles. The quantitative estimate of drug-likeness (QED) is 0.454. The molecule has 26 valence electrons. The van der Waals surface area contributed by atoms with Gasteiger partial charge in [-0.3, -0.25) is 0 Å². The van der Waals surface area contributed by atoms with E-state index in [0.717, 1.165) is 0 Å². The molecule has 5 heavy (non-hydrogen) atoms. The molecule has 0 unspecified atom stereocenters. The van der Waals surface area contributed by atoms with Crippen LogP contribution in [0, 0.1) is 0 Å². The molecule has 0 aliphatic carbocycles. The molecular weight excluding hydrogens is 94.0 g/mol. The predicted octanol–water partition coefficient (Wildman–Crippen LogP) is 0.338. The first-order valence-corrected chi connectivity index (χ1v) is 4.88. The van der Waals surface area contributed by atoms with Crippen molar-refractivity contribution in [3.63, 3.8) is 0 Å². The maximum absolute atomic E-state index is 5.00. The van der Waals surface area contributed by atoms with Crippen LogP contribution in [0.5, 0.6) is 0 Å². The number of rotatable bonds is 2. The molecule has 0 aliphatic rings. The monoisotopic (exact) mass is 100 g/mol. The largest absolute Gasteiger partial charge is 0.649 e. The van der Waals surface area contributed by atoms with Crippen molar-refractivity contribution in [2.45, 2.75) is 11.6 Å². The molecule has 0 spiro atoms. The lowest BCUT2D eigenvalue weighted by atomic mass is 11.9. The van der Waals surface area contributed by atoms with E-state index in [0.29, 0.717) is 31.1 Å². The highest BCUT2D eigenvalue weighted by Gasteiger charge is 1.76. The summed E-state index contributed by atoms with van der Waals surface area (Å²) in [5, 5.41) is 0. The van der Waals surface area contributed by atoms with Crippen LogP contribution < -0.4 is 0 Å². The van der Waals surface area contributed by atoms with Gasteiger partial charge in [0.1, 0.15) is 0 Å². The lowest BCUT2D eigenvalue weighted by Gasteiger charge is -1.85. The first-order chi connectivity index (χ1) is 2.41. The Kier molecular flexibility index (Phi) is 6.05. The third-order valence-corrected chi connectivity index (χ3v) is 2.45. The molecule has 0 aliphatic heterocycles. The van der Waals surface area contributed by atoms with E-state index in [-0.39, 0.29) is 0 Å². The van der Waals surface area contributed by atoms with Crippen LogP contribution in [0.2, 0.25) is 11.6 Å². The molecule has 0 fully saturated rings. The second-order valence-corrected chi connectivity index (χ2v) is 2.64. The molecule has 0 aromatic heterocycles. The Morgan fingerprint density at radius 3 is 1.60 bits per heavy atom. The van der Waals surface area contributed by atoms with Crippen molar-refractivity contribution in [1.82, 2.24) is 0 Å². The van der Waals surface area contributed by atoms with Crippen LogP contribution in [-0.4, -0.2) is 31.1 Å². The zero-order valence-corrected chi connectivity index (χ0v) is 5.87. The lowest BCUT2D eigenvalue weighted by Crippen LogP contribution is -1.92. The molecule has 0 bridgehead atoms. The molecule has 2 radical (unpaired) electrons. The van der Waals surface area contributed by atoms with Crippen LogP contribution >= 0.6 is 0 Å². The van der Waals surface area contributed by atoms with Crippen LogP contribution in [0.3, 0.4) is 0 Å². The molecule has 3 heteroatoms. The highest BCUT2D eigenvalue weighted by atomic mass is 27.2. The normalized spacial score (nSPS) is 6.80. The van der Waals surface area contributed by atoms with Crippen molar-refractivity contribution in [2.24, 2.45) is 0 Å². The van der Waals surface area contributed by atoms with Gasteiger partial charge in [0.25, 0.3) is 0 Å². The van der Waals surface area contributed by atoms with Gasteiger partial charge in [-0.1, -0.05) is 11.6 Å². The van der Waals surface area contributed by atoms with Gasteiger partial charge in [0.2, 0.25) is 0 Å². The molecular formula is C2H6Al2O. The molecule has 0 amide bonds. The Morgan fingerprint density at radius 1 is 1.20 bits per heavy atom. The molecule has 0 atom stereocenters. The van der Waals surface area contributed by atoms with Gasteiger partial charge in [0.05, 0.1) is 0 Å². The summed E-state index contributed by atoms with van der Waals surface area (Å²) < 4.78 is 5.00. The van der Waals surface area contributed by atoms with E-state index in [1.165, 1.54) is 0 Å². The first kappa shape index (κ1) is 6.02. The fourth-order valence-corrected chi connectivity index (χ4v) is 1.22.